The summed E-state index contributed by atoms with van der Waals surface area (Å²) < 4.78 is 10.8. The van der Waals surface area contributed by atoms with Crippen molar-refractivity contribution in [2.45, 2.75) is 19.3 Å². The highest BCUT2D eigenvalue weighted by Crippen LogP contribution is 2.27. The van der Waals surface area contributed by atoms with E-state index in [0.717, 1.165) is 25.9 Å². The SMILES string of the molecule is COc1ccccc1OCC(=O)Nc1cnc(N2CCCCC2)nc1N(C)C. The van der Waals surface area contributed by atoms with Crippen LogP contribution in [0.25, 0.3) is 0 Å². The predicted octanol–water partition coefficient (Wildman–Crippen LogP) is 2.56. The number of benzene rings is 1. The largest absolute Gasteiger partial charge is 0.493 e. The number of hydrogen-bond acceptors (Lipinski definition) is 7. The molecule has 1 aliphatic heterocycles. The molecule has 0 aliphatic carbocycles. The lowest BCUT2D eigenvalue weighted by molar-refractivity contribution is -0.118. The molecule has 2 aromatic rings. The van der Waals surface area contributed by atoms with Crippen LogP contribution in [0.2, 0.25) is 0 Å². The Kier molecular flexibility index (Phi) is 6.52. The van der Waals surface area contributed by atoms with E-state index in [4.69, 9.17) is 9.47 Å². The quantitative estimate of drug-likeness (QED) is 0.784. The Labute approximate surface area is 165 Å². The Balaban J connectivity index is 1.67. The minimum atomic E-state index is -0.289. The van der Waals surface area contributed by atoms with Crippen molar-refractivity contribution >= 4 is 23.4 Å². The lowest BCUT2D eigenvalue weighted by Gasteiger charge is -2.28. The number of nitrogens with zero attached hydrogens (tertiary/aromatic N) is 4. The normalized spacial score (nSPS) is 13.8. The fraction of sp³-hybridized carbons (Fsp3) is 0.450. The fourth-order valence-corrected chi connectivity index (χ4v) is 3.11. The number of para-hydroxylation sites is 2. The number of nitrogens with one attached hydrogen (secondary N) is 1. The number of ether oxygens (including phenoxy) is 2. The third kappa shape index (κ3) is 4.82. The number of methoxy groups -OCH3 is 1. The van der Waals surface area contributed by atoms with Crippen molar-refractivity contribution in [2.24, 2.45) is 0 Å². The molecular weight excluding hydrogens is 358 g/mol. The van der Waals surface area contributed by atoms with Gasteiger partial charge < -0.3 is 24.6 Å². The molecule has 0 atom stereocenters. The zero-order chi connectivity index (χ0) is 19.9. The number of aromatic nitrogens is 2. The topological polar surface area (TPSA) is 79.8 Å². The van der Waals surface area contributed by atoms with Crippen LogP contribution in [0.15, 0.2) is 30.5 Å². The second-order valence-corrected chi connectivity index (χ2v) is 6.84. The van der Waals surface area contributed by atoms with E-state index in [1.54, 1.807) is 25.4 Å². The molecule has 1 N–H and O–H groups in total. The molecule has 0 saturated carbocycles. The summed E-state index contributed by atoms with van der Waals surface area (Å²) in [5, 5.41) is 2.84. The van der Waals surface area contributed by atoms with Gasteiger partial charge in [0.25, 0.3) is 5.91 Å². The maximum Gasteiger partial charge on any atom is 0.262 e. The molecule has 8 nitrogen and oxygen atoms in total. The van der Waals surface area contributed by atoms with Gasteiger partial charge in [-0.3, -0.25) is 4.79 Å². The standard InChI is InChI=1S/C20H27N5O3/c1-24(2)19-15(13-21-20(23-19)25-11-7-4-8-12-25)22-18(26)14-28-17-10-6-5-9-16(17)27-3/h5-6,9-10,13H,4,7-8,11-12,14H2,1-3H3,(H,22,26). The predicted molar refractivity (Wildman–Crippen MR) is 110 cm³/mol. The third-order valence-electron chi connectivity index (χ3n) is 4.52. The molecule has 0 spiro atoms. The molecule has 8 heteroatoms. The number of hydrogen-bond donors (Lipinski definition) is 1. The van der Waals surface area contributed by atoms with Crippen molar-refractivity contribution in [1.29, 1.82) is 0 Å². The van der Waals surface area contributed by atoms with Crippen LogP contribution in [0.4, 0.5) is 17.5 Å². The zero-order valence-corrected chi connectivity index (χ0v) is 16.6. The van der Waals surface area contributed by atoms with Crippen molar-refractivity contribution in [3.8, 4) is 11.5 Å². The number of carbonyl (C=O) groups excluding carboxylic acids is 1. The molecule has 1 amide bonds. The lowest BCUT2D eigenvalue weighted by Crippen LogP contribution is -2.31. The van der Waals surface area contributed by atoms with Crippen molar-refractivity contribution in [3.63, 3.8) is 0 Å². The lowest BCUT2D eigenvalue weighted by atomic mass is 10.1. The van der Waals surface area contributed by atoms with Crippen molar-refractivity contribution in [3.05, 3.63) is 30.5 Å². The molecule has 0 unspecified atom stereocenters. The molecule has 1 fully saturated rings. The summed E-state index contributed by atoms with van der Waals surface area (Å²) in [4.78, 5) is 25.6. The second-order valence-electron chi connectivity index (χ2n) is 6.84. The number of carbonyl (C=O) groups is 1. The van der Waals surface area contributed by atoms with Crippen LogP contribution in [0.5, 0.6) is 11.5 Å². The zero-order valence-electron chi connectivity index (χ0n) is 16.6. The Hall–Kier alpha value is -3.03. The van der Waals surface area contributed by atoms with Gasteiger partial charge in [-0.1, -0.05) is 12.1 Å². The molecule has 3 rings (SSSR count). The highest BCUT2D eigenvalue weighted by atomic mass is 16.5. The van der Waals surface area contributed by atoms with E-state index >= 15 is 0 Å². The maximum absolute atomic E-state index is 12.4. The average Bonchev–Trinajstić information content (AvgIpc) is 2.73. The molecule has 28 heavy (non-hydrogen) atoms. The first kappa shape index (κ1) is 19.7. The molecule has 1 aromatic heterocycles. The van der Waals surface area contributed by atoms with Gasteiger partial charge in [-0.05, 0) is 31.4 Å². The smallest absolute Gasteiger partial charge is 0.262 e. The van der Waals surface area contributed by atoms with Crippen LogP contribution in [-0.2, 0) is 4.79 Å². The van der Waals surface area contributed by atoms with Crippen molar-refractivity contribution in [2.75, 3.05) is 56.0 Å². The van der Waals surface area contributed by atoms with E-state index < -0.39 is 0 Å². The van der Waals surface area contributed by atoms with Gasteiger partial charge in [0.2, 0.25) is 5.95 Å². The summed E-state index contributed by atoms with van der Waals surface area (Å²) in [6.45, 7) is 1.79. The van der Waals surface area contributed by atoms with E-state index in [1.165, 1.54) is 6.42 Å². The molecule has 1 aliphatic rings. The Morgan fingerprint density at radius 1 is 1.18 bits per heavy atom. The Morgan fingerprint density at radius 2 is 1.89 bits per heavy atom. The number of rotatable bonds is 7. The minimum absolute atomic E-state index is 0.138. The van der Waals surface area contributed by atoms with Gasteiger partial charge in [-0.2, -0.15) is 4.98 Å². The number of piperidine rings is 1. The first-order valence-electron chi connectivity index (χ1n) is 9.43. The summed E-state index contributed by atoms with van der Waals surface area (Å²) in [5.41, 5.74) is 0.555. The van der Waals surface area contributed by atoms with Gasteiger partial charge in [0, 0.05) is 27.2 Å². The van der Waals surface area contributed by atoms with Gasteiger partial charge in [0.05, 0.1) is 13.3 Å². The van der Waals surface area contributed by atoms with Gasteiger partial charge in [0.1, 0.15) is 5.69 Å². The van der Waals surface area contributed by atoms with Crippen molar-refractivity contribution < 1.29 is 14.3 Å². The summed E-state index contributed by atoms with van der Waals surface area (Å²) >= 11 is 0. The average molecular weight is 385 g/mol. The summed E-state index contributed by atoms with van der Waals surface area (Å²) in [7, 11) is 5.35. The van der Waals surface area contributed by atoms with Gasteiger partial charge in [-0.15, -0.1) is 0 Å². The minimum Gasteiger partial charge on any atom is -0.493 e. The van der Waals surface area contributed by atoms with Crippen LogP contribution in [0.1, 0.15) is 19.3 Å². The van der Waals surface area contributed by atoms with Gasteiger partial charge in [-0.25, -0.2) is 4.98 Å². The summed E-state index contributed by atoms with van der Waals surface area (Å²) in [5.74, 6) is 2.18. The highest BCUT2D eigenvalue weighted by Gasteiger charge is 2.18. The molecule has 1 saturated heterocycles. The number of amides is 1. The summed E-state index contributed by atoms with van der Waals surface area (Å²) in [6.07, 6.45) is 5.21. The highest BCUT2D eigenvalue weighted by molar-refractivity contribution is 5.94. The molecule has 0 radical (unpaired) electrons. The van der Waals surface area contributed by atoms with Crippen LogP contribution >= 0.6 is 0 Å². The van der Waals surface area contributed by atoms with E-state index in [0.29, 0.717) is 29.0 Å². The van der Waals surface area contributed by atoms with E-state index in [2.05, 4.69) is 20.2 Å². The molecule has 0 bridgehead atoms. The monoisotopic (exact) mass is 385 g/mol. The Morgan fingerprint density at radius 3 is 2.57 bits per heavy atom. The molecular formula is C20H27N5O3. The van der Waals surface area contributed by atoms with Crippen LogP contribution in [0, 0.1) is 0 Å². The van der Waals surface area contributed by atoms with Crippen LogP contribution in [0.3, 0.4) is 0 Å². The summed E-state index contributed by atoms with van der Waals surface area (Å²) in [6, 6.07) is 7.21. The van der Waals surface area contributed by atoms with Crippen LogP contribution < -0.4 is 24.6 Å². The molecule has 150 valence electrons. The van der Waals surface area contributed by atoms with E-state index in [-0.39, 0.29) is 12.5 Å². The maximum atomic E-state index is 12.4. The third-order valence-corrected chi connectivity index (χ3v) is 4.52. The van der Waals surface area contributed by atoms with Gasteiger partial charge >= 0.3 is 0 Å². The second kappa shape index (κ2) is 9.25. The molecule has 1 aromatic carbocycles. The van der Waals surface area contributed by atoms with Gasteiger partial charge in [0.15, 0.2) is 23.9 Å². The fourth-order valence-electron chi connectivity index (χ4n) is 3.11. The molecule has 2 heterocycles. The van der Waals surface area contributed by atoms with E-state index in [9.17, 15) is 4.79 Å². The Bertz CT molecular complexity index is 806. The number of anilines is 3. The first-order valence-corrected chi connectivity index (χ1v) is 9.43. The van der Waals surface area contributed by atoms with Crippen LogP contribution in [-0.4, -0.2) is 56.8 Å². The first-order chi connectivity index (χ1) is 13.6. The van der Waals surface area contributed by atoms with E-state index in [1.807, 2.05) is 31.1 Å². The van der Waals surface area contributed by atoms with Crippen molar-refractivity contribution in [1.82, 2.24) is 9.97 Å².